The van der Waals surface area contributed by atoms with E-state index in [1.807, 2.05) is 17.5 Å². The van der Waals surface area contributed by atoms with Crippen LogP contribution in [0, 0.1) is 5.41 Å². The molecule has 20 heavy (non-hydrogen) atoms. The average molecular weight is 296 g/mol. The van der Waals surface area contributed by atoms with Gasteiger partial charge in [-0.3, -0.25) is 9.69 Å². The van der Waals surface area contributed by atoms with E-state index in [0.717, 1.165) is 32.4 Å². The van der Waals surface area contributed by atoms with Crippen molar-refractivity contribution in [1.29, 1.82) is 0 Å². The van der Waals surface area contributed by atoms with Gasteiger partial charge >= 0.3 is 0 Å². The molecule has 1 saturated heterocycles. The fraction of sp³-hybridized carbons (Fsp3) is 0.667. The van der Waals surface area contributed by atoms with Gasteiger partial charge in [-0.15, -0.1) is 11.3 Å². The summed E-state index contributed by atoms with van der Waals surface area (Å²) in [4.78, 5) is 15.3. The van der Waals surface area contributed by atoms with E-state index in [0.29, 0.717) is 13.1 Å². The molecule has 1 aliphatic rings. The minimum absolute atomic E-state index is 0.0872. The second-order valence-electron chi connectivity index (χ2n) is 5.64. The summed E-state index contributed by atoms with van der Waals surface area (Å²) in [6, 6.07) is 4.03. The Kier molecular flexibility index (Phi) is 5.57. The van der Waals surface area contributed by atoms with Gasteiger partial charge in [0.2, 0.25) is 5.91 Å². The molecule has 1 fully saturated rings. The number of aliphatic hydroxyl groups excluding tert-OH is 1. The van der Waals surface area contributed by atoms with Crippen molar-refractivity contribution in [1.82, 2.24) is 10.2 Å². The molecule has 2 N–H and O–H groups in total. The molecule has 2 rings (SSSR count). The normalized spacial score (nSPS) is 18.9. The van der Waals surface area contributed by atoms with Crippen LogP contribution in [0.2, 0.25) is 0 Å². The molecular formula is C15H24N2O2S. The maximum atomic E-state index is 11.9. The standard InChI is InChI=1S/C15H24N2O2S/c1-2-15(12-18)5-7-17(8-6-15)11-14(19)16-10-13-4-3-9-20-13/h3-4,9,18H,2,5-8,10-12H2,1H3,(H,16,19). The lowest BCUT2D eigenvalue weighted by molar-refractivity contribution is -0.123. The number of thiophene rings is 1. The third-order valence-corrected chi connectivity index (χ3v) is 5.29. The molecule has 0 spiro atoms. The fourth-order valence-corrected chi connectivity index (χ4v) is 3.31. The van der Waals surface area contributed by atoms with Crippen LogP contribution >= 0.6 is 11.3 Å². The predicted octanol–water partition coefficient (Wildman–Crippen LogP) is 1.85. The number of carbonyl (C=O) groups is 1. The summed E-state index contributed by atoms with van der Waals surface area (Å²) >= 11 is 1.66. The fourth-order valence-electron chi connectivity index (χ4n) is 2.67. The number of nitrogens with one attached hydrogen (secondary N) is 1. The highest BCUT2D eigenvalue weighted by Crippen LogP contribution is 2.33. The maximum absolute atomic E-state index is 11.9. The van der Waals surface area contributed by atoms with Gasteiger partial charge in [0.1, 0.15) is 0 Å². The lowest BCUT2D eigenvalue weighted by atomic mass is 9.77. The summed E-state index contributed by atoms with van der Waals surface area (Å²) in [6.07, 6.45) is 2.98. The SMILES string of the molecule is CCC1(CO)CCN(CC(=O)NCc2cccs2)CC1. The monoisotopic (exact) mass is 296 g/mol. The molecular weight excluding hydrogens is 272 g/mol. The van der Waals surface area contributed by atoms with Crippen molar-refractivity contribution in [3.05, 3.63) is 22.4 Å². The van der Waals surface area contributed by atoms with Crippen LogP contribution in [0.15, 0.2) is 17.5 Å². The minimum Gasteiger partial charge on any atom is -0.396 e. The minimum atomic E-state index is 0.0872. The van der Waals surface area contributed by atoms with Crippen molar-refractivity contribution >= 4 is 17.2 Å². The van der Waals surface area contributed by atoms with Crippen LogP contribution in [0.25, 0.3) is 0 Å². The first-order valence-electron chi connectivity index (χ1n) is 7.30. The first-order chi connectivity index (χ1) is 9.67. The quantitative estimate of drug-likeness (QED) is 0.842. The number of aliphatic hydroxyl groups is 1. The number of hydrogen-bond donors (Lipinski definition) is 2. The van der Waals surface area contributed by atoms with Crippen LogP contribution < -0.4 is 5.32 Å². The van der Waals surface area contributed by atoms with Crippen LogP contribution in [0.1, 0.15) is 31.1 Å². The largest absolute Gasteiger partial charge is 0.396 e. The van der Waals surface area contributed by atoms with E-state index < -0.39 is 0 Å². The number of rotatable bonds is 6. The maximum Gasteiger partial charge on any atom is 0.234 e. The molecule has 5 heteroatoms. The summed E-state index contributed by atoms with van der Waals surface area (Å²) < 4.78 is 0. The van der Waals surface area contributed by atoms with Crippen molar-refractivity contribution in [3.8, 4) is 0 Å². The second kappa shape index (κ2) is 7.20. The van der Waals surface area contributed by atoms with E-state index >= 15 is 0 Å². The molecule has 1 aliphatic heterocycles. The zero-order chi connectivity index (χ0) is 14.4. The Morgan fingerprint density at radius 1 is 1.50 bits per heavy atom. The summed E-state index contributed by atoms with van der Waals surface area (Å²) in [7, 11) is 0. The van der Waals surface area contributed by atoms with Gasteiger partial charge in [-0.2, -0.15) is 0 Å². The van der Waals surface area contributed by atoms with E-state index in [9.17, 15) is 9.90 Å². The van der Waals surface area contributed by atoms with Gasteiger partial charge in [-0.25, -0.2) is 0 Å². The summed E-state index contributed by atoms with van der Waals surface area (Å²) in [5.41, 5.74) is 0.0872. The molecule has 4 nitrogen and oxygen atoms in total. The summed E-state index contributed by atoms with van der Waals surface area (Å²) in [5, 5.41) is 14.5. The van der Waals surface area contributed by atoms with Gasteiger partial charge in [-0.1, -0.05) is 13.0 Å². The number of carbonyl (C=O) groups excluding carboxylic acids is 1. The van der Waals surface area contributed by atoms with Gasteiger partial charge in [0.25, 0.3) is 0 Å². The molecule has 0 saturated carbocycles. The topological polar surface area (TPSA) is 52.6 Å². The molecule has 0 aliphatic carbocycles. The van der Waals surface area contributed by atoms with Crippen LogP contribution in [0.5, 0.6) is 0 Å². The Morgan fingerprint density at radius 2 is 2.25 bits per heavy atom. The number of amides is 1. The number of likely N-dealkylation sites (tertiary alicyclic amines) is 1. The highest BCUT2D eigenvalue weighted by atomic mass is 32.1. The molecule has 0 atom stereocenters. The van der Waals surface area contributed by atoms with Gasteiger partial charge in [0, 0.05) is 11.5 Å². The third kappa shape index (κ3) is 4.04. The van der Waals surface area contributed by atoms with Crippen LogP contribution in [0.4, 0.5) is 0 Å². The van der Waals surface area contributed by atoms with Crippen molar-refractivity contribution in [2.45, 2.75) is 32.7 Å². The smallest absolute Gasteiger partial charge is 0.234 e. The van der Waals surface area contributed by atoms with Gasteiger partial charge in [-0.05, 0) is 49.2 Å². The Balaban J connectivity index is 1.71. The van der Waals surface area contributed by atoms with Gasteiger partial charge in [0.15, 0.2) is 0 Å². The molecule has 0 unspecified atom stereocenters. The highest BCUT2D eigenvalue weighted by Gasteiger charge is 2.32. The van der Waals surface area contributed by atoms with E-state index in [1.165, 1.54) is 4.88 Å². The Bertz CT molecular complexity index is 406. The summed E-state index contributed by atoms with van der Waals surface area (Å²) in [5.74, 6) is 0.0893. The predicted molar refractivity (Wildman–Crippen MR) is 81.6 cm³/mol. The zero-order valence-corrected chi connectivity index (χ0v) is 12.9. The average Bonchev–Trinajstić information content (AvgIpc) is 3.00. The molecule has 1 aromatic heterocycles. The van der Waals surface area contributed by atoms with Crippen molar-refractivity contribution in [2.75, 3.05) is 26.2 Å². The number of nitrogens with zero attached hydrogens (tertiary/aromatic N) is 1. The Hall–Kier alpha value is -0.910. The molecule has 1 amide bonds. The van der Waals surface area contributed by atoms with Gasteiger partial charge in [0.05, 0.1) is 13.1 Å². The lowest BCUT2D eigenvalue weighted by Crippen LogP contribution is -2.45. The molecule has 0 bridgehead atoms. The zero-order valence-electron chi connectivity index (χ0n) is 12.1. The van der Waals surface area contributed by atoms with E-state index in [4.69, 9.17) is 0 Å². The Labute approximate surface area is 124 Å². The molecule has 0 aromatic carbocycles. The molecule has 1 aromatic rings. The van der Waals surface area contributed by atoms with Crippen molar-refractivity contribution < 1.29 is 9.90 Å². The van der Waals surface area contributed by atoms with E-state index in [2.05, 4.69) is 17.1 Å². The molecule has 0 radical (unpaired) electrons. The van der Waals surface area contributed by atoms with E-state index in [-0.39, 0.29) is 17.9 Å². The summed E-state index contributed by atoms with van der Waals surface area (Å²) in [6.45, 7) is 5.31. The van der Waals surface area contributed by atoms with Crippen LogP contribution in [-0.4, -0.2) is 42.2 Å². The first-order valence-corrected chi connectivity index (χ1v) is 8.18. The van der Waals surface area contributed by atoms with Gasteiger partial charge < -0.3 is 10.4 Å². The van der Waals surface area contributed by atoms with E-state index in [1.54, 1.807) is 11.3 Å². The van der Waals surface area contributed by atoms with Crippen LogP contribution in [0.3, 0.4) is 0 Å². The third-order valence-electron chi connectivity index (χ3n) is 4.41. The number of piperidine rings is 1. The molecule has 2 heterocycles. The van der Waals surface area contributed by atoms with Crippen LogP contribution in [-0.2, 0) is 11.3 Å². The molecule has 112 valence electrons. The highest BCUT2D eigenvalue weighted by molar-refractivity contribution is 7.09. The Morgan fingerprint density at radius 3 is 2.80 bits per heavy atom. The van der Waals surface area contributed by atoms with Crippen molar-refractivity contribution in [3.63, 3.8) is 0 Å². The first kappa shape index (κ1) is 15.5. The second-order valence-corrected chi connectivity index (χ2v) is 6.68. The van der Waals surface area contributed by atoms with Crippen molar-refractivity contribution in [2.24, 2.45) is 5.41 Å². The number of hydrogen-bond acceptors (Lipinski definition) is 4. The lowest BCUT2D eigenvalue weighted by Gasteiger charge is -2.39.